The molecule has 1 atom stereocenters. The van der Waals surface area contributed by atoms with Gasteiger partial charge in [-0.2, -0.15) is 5.26 Å². The molecule has 0 bridgehead atoms. The lowest BCUT2D eigenvalue weighted by Crippen LogP contribution is -2.11. The molecule has 0 aromatic heterocycles. The summed E-state index contributed by atoms with van der Waals surface area (Å²) >= 11 is 5.64. The molecule has 0 radical (unpaired) electrons. The quantitative estimate of drug-likeness (QED) is 0.794. The Morgan fingerprint density at radius 1 is 1.21 bits per heavy atom. The molecule has 0 heterocycles. The van der Waals surface area contributed by atoms with Gasteiger partial charge in [0.1, 0.15) is 11.7 Å². The lowest BCUT2D eigenvalue weighted by atomic mass is 9.92. The van der Waals surface area contributed by atoms with Crippen molar-refractivity contribution >= 4 is 17.4 Å². The number of halogens is 2. The molecule has 0 aliphatic carbocycles. The van der Waals surface area contributed by atoms with E-state index in [9.17, 15) is 9.18 Å². The minimum absolute atomic E-state index is 0.129. The van der Waals surface area contributed by atoms with Gasteiger partial charge in [-0.05, 0) is 23.8 Å². The summed E-state index contributed by atoms with van der Waals surface area (Å²) in [7, 11) is 0. The van der Waals surface area contributed by atoms with Gasteiger partial charge in [0.15, 0.2) is 5.78 Å². The number of hydrogen-bond acceptors (Lipinski definition) is 2. The molecule has 2 aromatic rings. The number of hydrogen-bond donors (Lipinski definition) is 0. The Bertz CT molecular complexity index is 649. The van der Waals surface area contributed by atoms with E-state index < -0.39 is 17.5 Å². The maximum Gasteiger partial charge on any atom is 0.184 e. The summed E-state index contributed by atoms with van der Waals surface area (Å²) in [6.07, 6.45) is 0. The Morgan fingerprint density at radius 2 is 1.89 bits per heavy atom. The number of rotatable bonds is 3. The second kappa shape index (κ2) is 5.64. The van der Waals surface area contributed by atoms with Crippen LogP contribution in [0.3, 0.4) is 0 Å². The maximum absolute atomic E-state index is 13.1. The lowest BCUT2D eigenvalue weighted by Gasteiger charge is -2.08. The van der Waals surface area contributed by atoms with E-state index in [2.05, 4.69) is 0 Å². The Morgan fingerprint density at radius 3 is 2.47 bits per heavy atom. The van der Waals surface area contributed by atoms with Crippen molar-refractivity contribution in [3.63, 3.8) is 0 Å². The van der Waals surface area contributed by atoms with Crippen LogP contribution in [-0.4, -0.2) is 5.78 Å². The van der Waals surface area contributed by atoms with Gasteiger partial charge in [-0.25, -0.2) is 4.39 Å². The molecule has 0 spiro atoms. The highest BCUT2D eigenvalue weighted by Gasteiger charge is 2.22. The number of nitrogens with zero attached hydrogens (tertiary/aromatic N) is 1. The highest BCUT2D eigenvalue weighted by atomic mass is 35.5. The number of ketones is 1. The highest BCUT2D eigenvalue weighted by Crippen LogP contribution is 2.23. The van der Waals surface area contributed by atoms with Gasteiger partial charge in [0, 0.05) is 5.56 Å². The topological polar surface area (TPSA) is 40.9 Å². The summed E-state index contributed by atoms with van der Waals surface area (Å²) in [5.74, 6) is -1.90. The number of carbonyl (C=O) groups excluding carboxylic acids is 1. The van der Waals surface area contributed by atoms with E-state index in [-0.39, 0.29) is 10.6 Å². The van der Waals surface area contributed by atoms with Gasteiger partial charge in [0.2, 0.25) is 0 Å². The van der Waals surface area contributed by atoms with Gasteiger partial charge < -0.3 is 0 Å². The molecule has 2 nitrogen and oxygen atoms in total. The molecule has 0 fully saturated rings. The first-order valence-electron chi connectivity index (χ1n) is 5.57. The first kappa shape index (κ1) is 13.3. The van der Waals surface area contributed by atoms with Crippen molar-refractivity contribution < 1.29 is 9.18 Å². The van der Waals surface area contributed by atoms with Crippen molar-refractivity contribution in [1.29, 1.82) is 5.26 Å². The smallest absolute Gasteiger partial charge is 0.184 e. The average Bonchev–Trinajstić information content (AvgIpc) is 2.44. The summed E-state index contributed by atoms with van der Waals surface area (Å²) in [6, 6.07) is 14.4. The van der Waals surface area contributed by atoms with Crippen LogP contribution in [0.5, 0.6) is 0 Å². The van der Waals surface area contributed by atoms with E-state index in [1.807, 2.05) is 6.07 Å². The molecule has 0 aliphatic heterocycles. The minimum Gasteiger partial charge on any atom is -0.292 e. The molecule has 2 rings (SSSR count). The van der Waals surface area contributed by atoms with Crippen LogP contribution in [0.25, 0.3) is 0 Å². The standard InChI is InChI=1S/C15H9ClFNO/c16-13-8-11(6-7-14(13)17)15(19)12(9-18)10-4-2-1-3-5-10/h1-8,12H. The van der Waals surface area contributed by atoms with Gasteiger partial charge in [-0.15, -0.1) is 0 Å². The number of carbonyl (C=O) groups is 1. The third-order valence-electron chi connectivity index (χ3n) is 2.73. The van der Waals surface area contributed by atoms with Crippen molar-refractivity contribution in [2.24, 2.45) is 0 Å². The van der Waals surface area contributed by atoms with Crippen LogP contribution >= 0.6 is 11.6 Å². The second-order valence-electron chi connectivity index (χ2n) is 3.97. The number of Topliss-reactive ketones (excluding diaryl/α,β-unsaturated/α-hetero) is 1. The molecular weight excluding hydrogens is 265 g/mol. The van der Waals surface area contributed by atoms with Gasteiger partial charge in [0.25, 0.3) is 0 Å². The molecular formula is C15H9ClFNO. The van der Waals surface area contributed by atoms with E-state index >= 15 is 0 Å². The van der Waals surface area contributed by atoms with Crippen molar-refractivity contribution in [2.75, 3.05) is 0 Å². The largest absolute Gasteiger partial charge is 0.292 e. The summed E-state index contributed by atoms with van der Waals surface area (Å²) in [4.78, 5) is 12.2. The van der Waals surface area contributed by atoms with Gasteiger partial charge in [0.05, 0.1) is 11.1 Å². The molecule has 4 heteroatoms. The van der Waals surface area contributed by atoms with Crippen LogP contribution in [0.2, 0.25) is 5.02 Å². The van der Waals surface area contributed by atoms with Crippen LogP contribution < -0.4 is 0 Å². The van der Waals surface area contributed by atoms with Crippen molar-refractivity contribution in [3.05, 3.63) is 70.5 Å². The summed E-state index contributed by atoms with van der Waals surface area (Å²) < 4.78 is 13.1. The third kappa shape index (κ3) is 2.81. The fourth-order valence-corrected chi connectivity index (χ4v) is 1.93. The lowest BCUT2D eigenvalue weighted by molar-refractivity contribution is 0.0979. The zero-order chi connectivity index (χ0) is 13.8. The third-order valence-corrected chi connectivity index (χ3v) is 3.02. The Balaban J connectivity index is 2.37. The highest BCUT2D eigenvalue weighted by molar-refractivity contribution is 6.31. The van der Waals surface area contributed by atoms with Crippen LogP contribution in [0.1, 0.15) is 21.8 Å². The monoisotopic (exact) mass is 273 g/mol. The normalized spacial score (nSPS) is 11.6. The minimum atomic E-state index is -0.914. The fourth-order valence-electron chi connectivity index (χ4n) is 1.75. The van der Waals surface area contributed by atoms with Crippen molar-refractivity contribution in [1.82, 2.24) is 0 Å². The predicted molar refractivity (Wildman–Crippen MR) is 70.5 cm³/mol. The molecule has 0 amide bonds. The molecule has 0 saturated carbocycles. The second-order valence-corrected chi connectivity index (χ2v) is 4.37. The molecule has 19 heavy (non-hydrogen) atoms. The van der Waals surface area contributed by atoms with E-state index in [0.717, 1.165) is 6.07 Å². The first-order chi connectivity index (χ1) is 9.13. The van der Waals surface area contributed by atoms with Gasteiger partial charge >= 0.3 is 0 Å². The average molecular weight is 274 g/mol. The van der Waals surface area contributed by atoms with E-state index in [0.29, 0.717) is 5.56 Å². The zero-order valence-corrected chi connectivity index (χ0v) is 10.6. The van der Waals surface area contributed by atoms with E-state index in [4.69, 9.17) is 16.9 Å². The van der Waals surface area contributed by atoms with E-state index in [1.165, 1.54) is 12.1 Å². The van der Waals surface area contributed by atoms with Gasteiger partial charge in [-0.1, -0.05) is 41.9 Å². The predicted octanol–water partition coefficient (Wildman–Crippen LogP) is 3.97. The van der Waals surface area contributed by atoms with Crippen LogP contribution in [0.15, 0.2) is 48.5 Å². The fraction of sp³-hybridized carbons (Fsp3) is 0.0667. The molecule has 0 aliphatic rings. The van der Waals surface area contributed by atoms with Crippen LogP contribution in [-0.2, 0) is 0 Å². The Hall–Kier alpha value is -2.18. The number of nitriles is 1. The van der Waals surface area contributed by atoms with Crippen LogP contribution in [0.4, 0.5) is 4.39 Å². The van der Waals surface area contributed by atoms with Crippen molar-refractivity contribution in [3.8, 4) is 6.07 Å². The molecule has 0 N–H and O–H groups in total. The van der Waals surface area contributed by atoms with Gasteiger partial charge in [-0.3, -0.25) is 4.79 Å². The Kier molecular flexibility index (Phi) is 3.94. The summed E-state index contributed by atoms with van der Waals surface area (Å²) in [5, 5.41) is 9.03. The SMILES string of the molecule is N#CC(C(=O)c1ccc(F)c(Cl)c1)c1ccccc1. The molecule has 1 unspecified atom stereocenters. The van der Waals surface area contributed by atoms with Crippen LogP contribution in [0, 0.1) is 17.1 Å². The number of benzene rings is 2. The van der Waals surface area contributed by atoms with E-state index in [1.54, 1.807) is 30.3 Å². The van der Waals surface area contributed by atoms with Crippen molar-refractivity contribution in [2.45, 2.75) is 5.92 Å². The molecule has 2 aromatic carbocycles. The maximum atomic E-state index is 13.1. The first-order valence-corrected chi connectivity index (χ1v) is 5.95. The molecule has 94 valence electrons. The Labute approximate surface area is 115 Å². The molecule has 0 saturated heterocycles. The summed E-state index contributed by atoms with van der Waals surface area (Å²) in [6.45, 7) is 0. The zero-order valence-electron chi connectivity index (χ0n) is 9.81. The summed E-state index contributed by atoms with van der Waals surface area (Å²) in [5.41, 5.74) is 0.831.